The van der Waals surface area contributed by atoms with Crippen LogP contribution in [0.4, 0.5) is 23.2 Å². The Morgan fingerprint density at radius 1 is 0.907 bits per heavy atom. The Bertz CT molecular complexity index is 1650. The summed E-state index contributed by atoms with van der Waals surface area (Å²) in [7, 11) is 0. The second-order valence-corrected chi connectivity index (χ2v) is 10.7. The lowest BCUT2D eigenvalue weighted by molar-refractivity contribution is -0.384. The summed E-state index contributed by atoms with van der Waals surface area (Å²) in [4.78, 5) is 17.9. The van der Waals surface area contributed by atoms with Gasteiger partial charge < -0.3 is 14.4 Å². The van der Waals surface area contributed by atoms with E-state index in [1.165, 1.54) is 48.2 Å². The van der Waals surface area contributed by atoms with E-state index in [1.807, 2.05) is 11.5 Å². The molecule has 0 amide bonds. The highest BCUT2D eigenvalue weighted by molar-refractivity contribution is 8.16. The zero-order valence-corrected chi connectivity index (χ0v) is 23.1. The van der Waals surface area contributed by atoms with Crippen LogP contribution in [0, 0.1) is 10.1 Å². The summed E-state index contributed by atoms with van der Waals surface area (Å²) in [5.74, 6) is 0.115. The van der Waals surface area contributed by atoms with Gasteiger partial charge in [0.05, 0.1) is 22.4 Å². The SMILES string of the molecule is O=[N+]([O-])c1ccc(C2=CSC3=NC4=C(CCC/C4=C/c4ccc(OC(F)F)cc4)[C@H](c4ccc(OC(F)F)cc4)N23)cc1. The number of fused-ring (bicyclic) bond motifs is 1. The molecule has 0 saturated carbocycles. The number of halogens is 4. The highest BCUT2D eigenvalue weighted by Crippen LogP contribution is 2.51. The van der Waals surface area contributed by atoms with Gasteiger partial charge in [0.1, 0.15) is 11.5 Å². The molecule has 0 spiro atoms. The van der Waals surface area contributed by atoms with Gasteiger partial charge in [0.25, 0.3) is 5.69 Å². The van der Waals surface area contributed by atoms with Crippen LogP contribution < -0.4 is 9.47 Å². The number of thioether (sulfide) groups is 1. The number of hydrogen-bond acceptors (Lipinski definition) is 7. The molecule has 0 N–H and O–H groups in total. The zero-order valence-electron chi connectivity index (χ0n) is 22.3. The Labute approximate surface area is 248 Å². The smallest absolute Gasteiger partial charge is 0.387 e. The molecule has 43 heavy (non-hydrogen) atoms. The number of ether oxygens (including phenoxy) is 2. The van der Waals surface area contributed by atoms with E-state index >= 15 is 0 Å². The van der Waals surface area contributed by atoms with Gasteiger partial charge in [-0.15, -0.1) is 0 Å². The predicted molar refractivity (Wildman–Crippen MR) is 156 cm³/mol. The number of hydrogen-bond donors (Lipinski definition) is 0. The van der Waals surface area contributed by atoms with Gasteiger partial charge in [-0.1, -0.05) is 36.0 Å². The monoisotopic (exact) mass is 609 g/mol. The van der Waals surface area contributed by atoms with Crippen LogP contribution in [0.5, 0.6) is 11.5 Å². The summed E-state index contributed by atoms with van der Waals surface area (Å²) >= 11 is 1.43. The fourth-order valence-corrected chi connectivity index (χ4v) is 6.39. The lowest BCUT2D eigenvalue weighted by Gasteiger charge is -2.40. The Balaban J connectivity index is 1.41. The molecular weight excluding hydrogens is 586 g/mol. The molecule has 0 radical (unpaired) electrons. The molecule has 7 nitrogen and oxygen atoms in total. The number of nitrogens with zero attached hydrogens (tertiary/aromatic N) is 3. The highest BCUT2D eigenvalue weighted by atomic mass is 32.2. The topological polar surface area (TPSA) is 77.2 Å². The Morgan fingerprint density at radius 2 is 1.53 bits per heavy atom. The van der Waals surface area contributed by atoms with Gasteiger partial charge in [-0.25, -0.2) is 4.99 Å². The maximum Gasteiger partial charge on any atom is 0.387 e. The van der Waals surface area contributed by atoms with Crippen molar-refractivity contribution >= 4 is 34.4 Å². The van der Waals surface area contributed by atoms with Crippen LogP contribution in [0.3, 0.4) is 0 Å². The molecule has 1 aliphatic carbocycles. The first kappa shape index (κ1) is 28.5. The van der Waals surface area contributed by atoms with Crippen LogP contribution in [0.25, 0.3) is 11.8 Å². The largest absolute Gasteiger partial charge is 0.435 e. The molecule has 0 saturated heterocycles. The lowest BCUT2D eigenvalue weighted by atomic mass is 9.82. The first-order valence-corrected chi connectivity index (χ1v) is 14.2. The average molecular weight is 610 g/mol. The quantitative estimate of drug-likeness (QED) is 0.144. The second kappa shape index (κ2) is 12.0. The Hall–Kier alpha value is -4.58. The molecule has 0 aromatic heterocycles. The summed E-state index contributed by atoms with van der Waals surface area (Å²) < 4.78 is 59.9. The third kappa shape index (κ3) is 6.00. The van der Waals surface area contributed by atoms with Crippen molar-refractivity contribution in [2.24, 2.45) is 4.99 Å². The van der Waals surface area contributed by atoms with E-state index in [4.69, 9.17) is 4.99 Å². The number of nitro benzene ring substituents is 1. The van der Waals surface area contributed by atoms with Crippen molar-refractivity contribution in [3.63, 3.8) is 0 Å². The summed E-state index contributed by atoms with van der Waals surface area (Å²) in [5, 5.41) is 13.9. The summed E-state index contributed by atoms with van der Waals surface area (Å²) in [6.07, 6.45) is 4.31. The van der Waals surface area contributed by atoms with Gasteiger partial charge >= 0.3 is 13.2 Å². The number of non-ortho nitro benzene ring substituents is 1. The molecule has 3 aromatic rings. The molecule has 3 aromatic carbocycles. The number of nitro groups is 1. The molecular formula is C31H23F4N3O4S. The summed E-state index contributed by atoms with van der Waals surface area (Å²) in [5.41, 5.74) is 6.07. The average Bonchev–Trinajstić information content (AvgIpc) is 3.41. The number of benzene rings is 3. The van der Waals surface area contributed by atoms with Crippen molar-refractivity contribution in [3.05, 3.63) is 122 Å². The van der Waals surface area contributed by atoms with Gasteiger partial charge in [-0.05, 0) is 89.6 Å². The highest BCUT2D eigenvalue weighted by Gasteiger charge is 2.40. The fraction of sp³-hybridized carbons (Fsp3) is 0.194. The van der Waals surface area contributed by atoms with Crippen molar-refractivity contribution < 1.29 is 32.0 Å². The molecule has 2 heterocycles. The Morgan fingerprint density at radius 3 is 2.14 bits per heavy atom. The van der Waals surface area contributed by atoms with Crippen LogP contribution in [0.15, 0.2) is 100 Å². The van der Waals surface area contributed by atoms with E-state index in [-0.39, 0.29) is 23.2 Å². The van der Waals surface area contributed by atoms with E-state index in [2.05, 4.69) is 14.4 Å². The van der Waals surface area contributed by atoms with Crippen molar-refractivity contribution in [2.75, 3.05) is 0 Å². The fourth-order valence-electron chi connectivity index (χ4n) is 5.46. The summed E-state index contributed by atoms with van der Waals surface area (Å²) in [6.45, 7) is -5.85. The summed E-state index contributed by atoms with van der Waals surface area (Å²) in [6, 6.07) is 18.9. The van der Waals surface area contributed by atoms with Crippen molar-refractivity contribution in [1.29, 1.82) is 0 Å². The van der Waals surface area contributed by atoms with Crippen molar-refractivity contribution in [3.8, 4) is 11.5 Å². The number of alkyl halides is 4. The van der Waals surface area contributed by atoms with E-state index in [9.17, 15) is 27.7 Å². The molecule has 220 valence electrons. The number of amidine groups is 1. The minimum absolute atomic E-state index is 0.0189. The maximum atomic E-state index is 12.8. The van der Waals surface area contributed by atoms with Crippen LogP contribution >= 0.6 is 11.8 Å². The zero-order chi connectivity index (χ0) is 30.1. The Kier molecular flexibility index (Phi) is 7.94. The van der Waals surface area contributed by atoms with E-state index in [0.717, 1.165) is 58.5 Å². The first-order valence-electron chi connectivity index (χ1n) is 13.3. The number of rotatable bonds is 8. The molecule has 6 rings (SSSR count). The van der Waals surface area contributed by atoms with Crippen molar-refractivity contribution in [1.82, 2.24) is 4.90 Å². The first-order chi connectivity index (χ1) is 20.8. The van der Waals surface area contributed by atoms with Gasteiger partial charge in [0.15, 0.2) is 5.17 Å². The third-order valence-corrected chi connectivity index (χ3v) is 8.12. The minimum Gasteiger partial charge on any atom is -0.435 e. The molecule has 12 heteroatoms. The van der Waals surface area contributed by atoms with E-state index < -0.39 is 18.1 Å². The third-order valence-electron chi connectivity index (χ3n) is 7.28. The molecule has 0 fully saturated rings. The lowest BCUT2D eigenvalue weighted by Crippen LogP contribution is -2.34. The van der Waals surface area contributed by atoms with E-state index in [0.29, 0.717) is 5.17 Å². The standard InChI is InChI=1S/C31H23F4N3O4S/c32-29(33)41-23-12-4-18(5-13-23)16-21-2-1-3-25-27(21)36-31-37(28(25)20-8-14-24(15-9-20)42-30(34)35)26(17-43-31)19-6-10-22(11-7-19)38(39)40/h4-17,28-30H,1-3H2/b21-16-/t28-/m0/s1. The molecule has 0 unspecified atom stereocenters. The van der Waals surface area contributed by atoms with Gasteiger partial charge in [0, 0.05) is 17.5 Å². The van der Waals surface area contributed by atoms with Crippen molar-refractivity contribution in [2.45, 2.75) is 38.5 Å². The van der Waals surface area contributed by atoms with Crippen LogP contribution in [-0.4, -0.2) is 28.2 Å². The van der Waals surface area contributed by atoms with E-state index in [1.54, 1.807) is 36.4 Å². The number of allylic oxidation sites excluding steroid dienone is 1. The normalized spacial score (nSPS) is 18.9. The molecule has 3 aliphatic rings. The van der Waals surface area contributed by atoms with Crippen LogP contribution in [0.2, 0.25) is 0 Å². The van der Waals surface area contributed by atoms with Crippen LogP contribution in [0.1, 0.15) is 42.0 Å². The predicted octanol–water partition coefficient (Wildman–Crippen LogP) is 8.78. The van der Waals surface area contributed by atoms with Gasteiger partial charge in [-0.3, -0.25) is 10.1 Å². The maximum absolute atomic E-state index is 12.8. The number of aliphatic imine (C=N–C) groups is 1. The molecule has 2 aliphatic heterocycles. The van der Waals surface area contributed by atoms with Gasteiger partial charge in [-0.2, -0.15) is 17.6 Å². The molecule has 1 atom stereocenters. The minimum atomic E-state index is -2.94. The second-order valence-electron chi connectivity index (χ2n) is 9.88. The van der Waals surface area contributed by atoms with Gasteiger partial charge in [0.2, 0.25) is 0 Å². The molecule has 0 bridgehead atoms. The van der Waals surface area contributed by atoms with Crippen LogP contribution in [-0.2, 0) is 0 Å².